The Morgan fingerprint density at radius 1 is 1.50 bits per heavy atom. The molecule has 2 N–H and O–H groups in total. The van der Waals surface area contributed by atoms with Crippen LogP contribution in [-0.4, -0.2) is 38.3 Å². The number of nitrogens with one attached hydrogen (secondary N) is 2. The van der Waals surface area contributed by atoms with Crippen LogP contribution in [0, 0.1) is 5.92 Å². The third-order valence-corrected chi connectivity index (χ3v) is 2.78. The summed E-state index contributed by atoms with van der Waals surface area (Å²) in [6.07, 6.45) is 2.71. The third kappa shape index (κ3) is 6.08. The Morgan fingerprint density at radius 2 is 2.31 bits per heavy atom. The zero-order valence-corrected chi connectivity index (χ0v) is 10.4. The topological polar surface area (TPSA) is 50.4 Å². The van der Waals surface area contributed by atoms with Crippen LogP contribution in [-0.2, 0) is 9.53 Å². The summed E-state index contributed by atoms with van der Waals surface area (Å²) in [5, 5.41) is 6.25. The monoisotopic (exact) mass is 228 g/mol. The van der Waals surface area contributed by atoms with E-state index < -0.39 is 0 Å². The van der Waals surface area contributed by atoms with Crippen molar-refractivity contribution in [3.63, 3.8) is 0 Å². The molecule has 0 aromatic rings. The Labute approximate surface area is 98.1 Å². The van der Waals surface area contributed by atoms with E-state index in [4.69, 9.17) is 4.74 Å². The van der Waals surface area contributed by atoms with Crippen LogP contribution in [0.2, 0.25) is 0 Å². The molecule has 0 spiro atoms. The molecule has 0 aromatic carbocycles. The summed E-state index contributed by atoms with van der Waals surface area (Å²) in [6, 6.07) is 0.423. The van der Waals surface area contributed by atoms with Crippen molar-refractivity contribution >= 4 is 5.91 Å². The van der Waals surface area contributed by atoms with E-state index in [0.717, 1.165) is 39.1 Å². The minimum Gasteiger partial charge on any atom is -0.380 e. The zero-order valence-electron chi connectivity index (χ0n) is 10.4. The van der Waals surface area contributed by atoms with Crippen molar-refractivity contribution in [2.24, 2.45) is 5.92 Å². The Bertz CT molecular complexity index is 197. The van der Waals surface area contributed by atoms with Gasteiger partial charge in [-0.2, -0.15) is 0 Å². The second-order valence-electron chi connectivity index (χ2n) is 4.79. The number of carbonyl (C=O) groups excluding carboxylic acids is 1. The van der Waals surface area contributed by atoms with E-state index in [2.05, 4.69) is 24.5 Å². The molecule has 0 aliphatic carbocycles. The van der Waals surface area contributed by atoms with Crippen molar-refractivity contribution in [3.8, 4) is 0 Å². The normalized spacial score (nSPS) is 21.2. The highest BCUT2D eigenvalue weighted by Crippen LogP contribution is 2.02. The summed E-state index contributed by atoms with van der Waals surface area (Å²) in [5.41, 5.74) is 0. The average molecular weight is 228 g/mol. The quantitative estimate of drug-likeness (QED) is 0.637. The van der Waals surface area contributed by atoms with E-state index >= 15 is 0 Å². The predicted octanol–water partition coefficient (Wildman–Crippen LogP) is 0.917. The molecule has 1 heterocycles. The van der Waals surface area contributed by atoms with Gasteiger partial charge in [0.25, 0.3) is 0 Å². The molecule has 1 fully saturated rings. The summed E-state index contributed by atoms with van der Waals surface area (Å²) in [6.45, 7) is 7.64. The van der Waals surface area contributed by atoms with Crippen LogP contribution >= 0.6 is 0 Å². The molecule has 1 aliphatic heterocycles. The van der Waals surface area contributed by atoms with Crippen LogP contribution < -0.4 is 10.6 Å². The average Bonchev–Trinajstić information content (AvgIpc) is 2.25. The summed E-state index contributed by atoms with van der Waals surface area (Å²) in [5.74, 6) is 0.882. The van der Waals surface area contributed by atoms with Gasteiger partial charge < -0.3 is 15.4 Å². The first-order chi connectivity index (χ1) is 7.68. The Kier molecular flexibility index (Phi) is 6.42. The molecule has 4 nitrogen and oxygen atoms in total. The fourth-order valence-corrected chi connectivity index (χ4v) is 1.66. The number of rotatable bonds is 7. The maximum atomic E-state index is 10.9. The van der Waals surface area contributed by atoms with E-state index in [0.29, 0.717) is 18.4 Å². The van der Waals surface area contributed by atoms with Crippen molar-refractivity contribution in [3.05, 3.63) is 0 Å². The van der Waals surface area contributed by atoms with Crippen molar-refractivity contribution < 1.29 is 9.53 Å². The molecule has 0 radical (unpaired) electrons. The van der Waals surface area contributed by atoms with Gasteiger partial charge in [0.1, 0.15) is 0 Å². The van der Waals surface area contributed by atoms with E-state index in [9.17, 15) is 4.79 Å². The first-order valence-electron chi connectivity index (χ1n) is 6.26. The highest BCUT2D eigenvalue weighted by molar-refractivity contribution is 5.76. The standard InChI is InChI=1S/C12H24N2O2/c1-10(2)5-7-16-8-6-13-11-3-4-12(15)14-9-11/h10-11,13H,3-9H2,1-2H3,(H,14,15). The van der Waals surface area contributed by atoms with Crippen LogP contribution in [0.3, 0.4) is 0 Å². The molecule has 1 unspecified atom stereocenters. The summed E-state index contributed by atoms with van der Waals surface area (Å²) in [4.78, 5) is 10.9. The van der Waals surface area contributed by atoms with Crippen LogP contribution in [0.4, 0.5) is 0 Å². The largest absolute Gasteiger partial charge is 0.380 e. The van der Waals surface area contributed by atoms with Crippen LogP contribution in [0.15, 0.2) is 0 Å². The van der Waals surface area contributed by atoms with Crippen molar-refractivity contribution in [1.82, 2.24) is 10.6 Å². The molecular formula is C12H24N2O2. The first-order valence-corrected chi connectivity index (χ1v) is 6.26. The molecule has 0 aromatic heterocycles. The number of carbonyl (C=O) groups is 1. The maximum absolute atomic E-state index is 10.9. The lowest BCUT2D eigenvalue weighted by atomic mass is 10.1. The molecule has 0 saturated carbocycles. The lowest BCUT2D eigenvalue weighted by Crippen LogP contribution is -2.46. The fraction of sp³-hybridized carbons (Fsp3) is 0.917. The first kappa shape index (κ1) is 13.5. The van der Waals surface area contributed by atoms with Crippen LogP contribution in [0.5, 0.6) is 0 Å². The molecule has 16 heavy (non-hydrogen) atoms. The number of amides is 1. The van der Waals surface area contributed by atoms with Gasteiger partial charge in [-0.25, -0.2) is 0 Å². The van der Waals surface area contributed by atoms with E-state index in [-0.39, 0.29) is 5.91 Å². The van der Waals surface area contributed by atoms with Gasteiger partial charge in [0.05, 0.1) is 6.61 Å². The molecule has 1 aliphatic rings. The smallest absolute Gasteiger partial charge is 0.220 e. The highest BCUT2D eigenvalue weighted by atomic mass is 16.5. The molecule has 1 amide bonds. The Hall–Kier alpha value is -0.610. The van der Waals surface area contributed by atoms with Crippen molar-refractivity contribution in [1.29, 1.82) is 0 Å². The van der Waals surface area contributed by atoms with E-state index in [1.807, 2.05) is 0 Å². The summed E-state index contributed by atoms with van der Waals surface area (Å²) in [7, 11) is 0. The molecule has 94 valence electrons. The Balaban J connectivity index is 1.89. The minimum atomic E-state index is 0.172. The van der Waals surface area contributed by atoms with Crippen molar-refractivity contribution in [2.45, 2.75) is 39.2 Å². The van der Waals surface area contributed by atoms with Gasteiger partial charge in [-0.3, -0.25) is 4.79 Å². The summed E-state index contributed by atoms with van der Waals surface area (Å²) >= 11 is 0. The lowest BCUT2D eigenvalue weighted by molar-refractivity contribution is -0.122. The number of ether oxygens (including phenoxy) is 1. The predicted molar refractivity (Wildman–Crippen MR) is 64.3 cm³/mol. The zero-order chi connectivity index (χ0) is 11.8. The van der Waals surface area contributed by atoms with Gasteiger partial charge in [-0.15, -0.1) is 0 Å². The van der Waals surface area contributed by atoms with Crippen molar-refractivity contribution in [2.75, 3.05) is 26.3 Å². The van der Waals surface area contributed by atoms with Gasteiger partial charge >= 0.3 is 0 Å². The van der Waals surface area contributed by atoms with Gasteiger partial charge in [0, 0.05) is 32.2 Å². The molecule has 4 heteroatoms. The number of piperidine rings is 1. The number of hydrogen-bond donors (Lipinski definition) is 2. The van der Waals surface area contributed by atoms with E-state index in [1.54, 1.807) is 0 Å². The molecule has 0 bridgehead atoms. The van der Waals surface area contributed by atoms with Gasteiger partial charge in [-0.1, -0.05) is 13.8 Å². The Morgan fingerprint density at radius 3 is 2.94 bits per heavy atom. The van der Waals surface area contributed by atoms with Crippen LogP contribution in [0.25, 0.3) is 0 Å². The van der Waals surface area contributed by atoms with Gasteiger partial charge in [0.15, 0.2) is 0 Å². The highest BCUT2D eigenvalue weighted by Gasteiger charge is 2.16. The third-order valence-electron chi connectivity index (χ3n) is 2.78. The fourth-order valence-electron chi connectivity index (χ4n) is 1.66. The maximum Gasteiger partial charge on any atom is 0.220 e. The molecular weight excluding hydrogens is 204 g/mol. The second kappa shape index (κ2) is 7.63. The molecule has 1 rings (SSSR count). The SMILES string of the molecule is CC(C)CCOCCNC1CCC(=O)NC1. The van der Waals surface area contributed by atoms with Gasteiger partial charge in [-0.05, 0) is 18.8 Å². The molecule has 1 saturated heterocycles. The van der Waals surface area contributed by atoms with E-state index in [1.165, 1.54) is 0 Å². The van der Waals surface area contributed by atoms with Crippen LogP contribution in [0.1, 0.15) is 33.1 Å². The number of hydrogen-bond acceptors (Lipinski definition) is 3. The summed E-state index contributed by atoms with van der Waals surface area (Å²) < 4.78 is 5.51. The molecule has 1 atom stereocenters. The lowest BCUT2D eigenvalue weighted by Gasteiger charge is -2.23. The minimum absolute atomic E-state index is 0.172. The second-order valence-corrected chi connectivity index (χ2v) is 4.79. The van der Waals surface area contributed by atoms with Gasteiger partial charge in [0.2, 0.25) is 5.91 Å².